The summed E-state index contributed by atoms with van der Waals surface area (Å²) in [6.45, 7) is 1.37. The summed E-state index contributed by atoms with van der Waals surface area (Å²) in [6, 6.07) is 3.51. The molecule has 0 aliphatic carbocycles. The van der Waals surface area contributed by atoms with Gasteiger partial charge in [0.2, 0.25) is 0 Å². The summed E-state index contributed by atoms with van der Waals surface area (Å²) in [5.74, 6) is -1.37. The maximum absolute atomic E-state index is 12.6. The number of carboxylic acids is 1. The Balaban J connectivity index is 3.43. The third-order valence-electron chi connectivity index (χ3n) is 2.22. The van der Waals surface area contributed by atoms with Crippen molar-refractivity contribution in [2.24, 2.45) is 0 Å². The average Bonchev–Trinajstić information content (AvgIpc) is 2.17. The lowest BCUT2D eigenvalue weighted by Gasteiger charge is -2.13. The Kier molecular flexibility index (Phi) is 3.42. The first-order valence-corrected chi connectivity index (χ1v) is 4.58. The molecule has 0 aromatic heterocycles. The van der Waals surface area contributed by atoms with E-state index in [0.717, 1.165) is 12.1 Å². The number of halogens is 3. The van der Waals surface area contributed by atoms with E-state index in [0.29, 0.717) is 0 Å². The second-order valence-corrected chi connectivity index (χ2v) is 3.50. The Morgan fingerprint density at radius 1 is 1.47 bits per heavy atom. The molecule has 0 heterocycles. The summed E-state index contributed by atoms with van der Waals surface area (Å²) in [7, 11) is 0. The first-order chi connectivity index (χ1) is 7.75. The molecule has 1 aromatic rings. The number of aryl methyl sites for hydroxylation is 1. The lowest BCUT2D eigenvalue weighted by atomic mass is 9.97. The maximum atomic E-state index is 12.6. The number of aliphatic carboxylic acids is 1. The molecule has 1 aromatic carbocycles. The summed E-state index contributed by atoms with van der Waals surface area (Å²) in [6.07, 6.45) is -5.38. The SMILES string of the molecule is Cc1cc(C(F)(F)F)c(CC(=O)O)cc1C#N. The van der Waals surface area contributed by atoms with Crippen molar-refractivity contribution in [1.82, 2.24) is 0 Å². The summed E-state index contributed by atoms with van der Waals surface area (Å²) in [5.41, 5.74) is -1.17. The van der Waals surface area contributed by atoms with E-state index < -0.39 is 29.7 Å². The summed E-state index contributed by atoms with van der Waals surface area (Å²) in [4.78, 5) is 10.5. The van der Waals surface area contributed by atoms with Crippen LogP contribution in [0.1, 0.15) is 22.3 Å². The van der Waals surface area contributed by atoms with Crippen LogP contribution >= 0.6 is 0 Å². The number of carbonyl (C=O) groups is 1. The van der Waals surface area contributed by atoms with Gasteiger partial charge >= 0.3 is 12.1 Å². The first-order valence-electron chi connectivity index (χ1n) is 4.58. The molecule has 0 amide bonds. The molecule has 0 bridgehead atoms. The summed E-state index contributed by atoms with van der Waals surface area (Å²) < 4.78 is 37.9. The molecule has 0 spiro atoms. The van der Waals surface area contributed by atoms with Gasteiger partial charge in [-0.3, -0.25) is 4.79 Å². The van der Waals surface area contributed by atoms with E-state index in [1.807, 2.05) is 0 Å². The molecule has 90 valence electrons. The molecular formula is C11H8F3NO2. The Morgan fingerprint density at radius 2 is 2.06 bits per heavy atom. The van der Waals surface area contributed by atoms with Crippen molar-refractivity contribution in [3.05, 3.63) is 34.4 Å². The van der Waals surface area contributed by atoms with E-state index in [2.05, 4.69) is 0 Å². The van der Waals surface area contributed by atoms with Crippen LogP contribution in [0.15, 0.2) is 12.1 Å². The van der Waals surface area contributed by atoms with Gasteiger partial charge in [0.15, 0.2) is 0 Å². The van der Waals surface area contributed by atoms with Crippen LogP contribution in [0.4, 0.5) is 13.2 Å². The van der Waals surface area contributed by atoms with Crippen LogP contribution in [-0.2, 0) is 17.4 Å². The van der Waals surface area contributed by atoms with E-state index in [1.54, 1.807) is 6.07 Å². The van der Waals surface area contributed by atoms with E-state index in [9.17, 15) is 18.0 Å². The molecule has 0 unspecified atom stereocenters. The number of hydrogen-bond acceptors (Lipinski definition) is 2. The summed E-state index contributed by atoms with van der Waals surface area (Å²) >= 11 is 0. The van der Waals surface area contributed by atoms with Crippen molar-refractivity contribution in [2.75, 3.05) is 0 Å². The minimum Gasteiger partial charge on any atom is -0.481 e. The molecule has 0 atom stereocenters. The minimum atomic E-state index is -4.62. The van der Waals surface area contributed by atoms with Crippen LogP contribution in [0.2, 0.25) is 0 Å². The molecule has 0 saturated heterocycles. The van der Waals surface area contributed by atoms with Gasteiger partial charge in [0, 0.05) is 0 Å². The molecule has 0 aliphatic rings. The molecular weight excluding hydrogens is 235 g/mol. The van der Waals surface area contributed by atoms with Crippen LogP contribution < -0.4 is 0 Å². The van der Waals surface area contributed by atoms with Crippen molar-refractivity contribution in [1.29, 1.82) is 5.26 Å². The van der Waals surface area contributed by atoms with Crippen LogP contribution in [0, 0.1) is 18.3 Å². The lowest BCUT2D eigenvalue weighted by molar-refractivity contribution is -0.139. The number of hydrogen-bond donors (Lipinski definition) is 1. The first kappa shape index (κ1) is 13.0. The van der Waals surface area contributed by atoms with Crippen molar-refractivity contribution >= 4 is 5.97 Å². The van der Waals surface area contributed by atoms with E-state index >= 15 is 0 Å². The topological polar surface area (TPSA) is 61.1 Å². The van der Waals surface area contributed by atoms with Crippen LogP contribution in [-0.4, -0.2) is 11.1 Å². The van der Waals surface area contributed by atoms with Gasteiger partial charge in [0.25, 0.3) is 0 Å². The monoisotopic (exact) mass is 243 g/mol. The van der Waals surface area contributed by atoms with Crippen molar-refractivity contribution in [3.8, 4) is 6.07 Å². The second kappa shape index (κ2) is 4.45. The Bertz CT molecular complexity index is 501. The van der Waals surface area contributed by atoms with Gasteiger partial charge in [-0.15, -0.1) is 0 Å². The van der Waals surface area contributed by atoms with Gasteiger partial charge in [-0.2, -0.15) is 18.4 Å². The maximum Gasteiger partial charge on any atom is 0.416 e. The van der Waals surface area contributed by atoms with Crippen LogP contribution in [0.25, 0.3) is 0 Å². The lowest BCUT2D eigenvalue weighted by Crippen LogP contribution is -2.13. The Morgan fingerprint density at radius 3 is 2.47 bits per heavy atom. The molecule has 1 rings (SSSR count). The van der Waals surface area contributed by atoms with Gasteiger partial charge < -0.3 is 5.11 Å². The number of nitrogens with zero attached hydrogens (tertiary/aromatic N) is 1. The van der Waals surface area contributed by atoms with E-state index in [-0.39, 0.29) is 11.1 Å². The molecule has 17 heavy (non-hydrogen) atoms. The fourth-order valence-corrected chi connectivity index (χ4v) is 1.45. The quantitative estimate of drug-likeness (QED) is 0.868. The number of benzene rings is 1. The van der Waals surface area contributed by atoms with Gasteiger partial charge in [0.1, 0.15) is 0 Å². The Hall–Kier alpha value is -2.03. The van der Waals surface area contributed by atoms with Gasteiger partial charge in [-0.1, -0.05) is 0 Å². The summed E-state index contributed by atoms with van der Waals surface area (Å²) in [5, 5.41) is 17.2. The average molecular weight is 243 g/mol. The fourth-order valence-electron chi connectivity index (χ4n) is 1.45. The highest BCUT2D eigenvalue weighted by Crippen LogP contribution is 2.33. The second-order valence-electron chi connectivity index (χ2n) is 3.50. The Labute approximate surface area is 95.1 Å². The predicted octanol–water partition coefficient (Wildman–Crippen LogP) is 2.51. The third kappa shape index (κ3) is 2.97. The standard InChI is InChI=1S/C11H8F3NO2/c1-6-2-9(11(12,13)14)7(4-10(16)17)3-8(6)5-15/h2-3H,4H2,1H3,(H,16,17). The molecule has 1 N–H and O–H groups in total. The molecule has 0 fully saturated rings. The normalized spacial score (nSPS) is 11.0. The van der Waals surface area contributed by atoms with Crippen LogP contribution in [0.5, 0.6) is 0 Å². The van der Waals surface area contributed by atoms with E-state index in [1.165, 1.54) is 6.92 Å². The predicted molar refractivity (Wildman–Crippen MR) is 52.2 cm³/mol. The molecule has 0 aliphatic heterocycles. The van der Waals surface area contributed by atoms with E-state index in [4.69, 9.17) is 10.4 Å². The zero-order valence-corrected chi connectivity index (χ0v) is 8.80. The molecule has 0 radical (unpaired) electrons. The fraction of sp³-hybridized carbons (Fsp3) is 0.273. The third-order valence-corrected chi connectivity index (χ3v) is 2.22. The molecule has 6 heteroatoms. The zero-order valence-electron chi connectivity index (χ0n) is 8.80. The van der Waals surface area contributed by atoms with Gasteiger partial charge in [0.05, 0.1) is 23.6 Å². The largest absolute Gasteiger partial charge is 0.481 e. The van der Waals surface area contributed by atoms with Gasteiger partial charge in [-0.05, 0) is 30.2 Å². The highest BCUT2D eigenvalue weighted by molar-refractivity contribution is 5.71. The van der Waals surface area contributed by atoms with Crippen molar-refractivity contribution in [2.45, 2.75) is 19.5 Å². The van der Waals surface area contributed by atoms with Gasteiger partial charge in [-0.25, -0.2) is 0 Å². The molecule has 3 nitrogen and oxygen atoms in total. The van der Waals surface area contributed by atoms with Crippen LogP contribution in [0.3, 0.4) is 0 Å². The number of nitriles is 1. The number of alkyl halides is 3. The highest BCUT2D eigenvalue weighted by atomic mass is 19.4. The molecule has 0 saturated carbocycles. The number of carboxylic acid groups (broad SMARTS) is 1. The minimum absolute atomic E-state index is 0.0502. The zero-order chi connectivity index (χ0) is 13.2. The van der Waals surface area contributed by atoms with Crippen molar-refractivity contribution in [3.63, 3.8) is 0 Å². The van der Waals surface area contributed by atoms with Crippen molar-refractivity contribution < 1.29 is 23.1 Å². The smallest absolute Gasteiger partial charge is 0.416 e. The highest BCUT2D eigenvalue weighted by Gasteiger charge is 2.34. The number of rotatable bonds is 2.